The summed E-state index contributed by atoms with van der Waals surface area (Å²) in [5.41, 5.74) is 0.715. The third-order valence-corrected chi connectivity index (χ3v) is 3.54. The highest BCUT2D eigenvalue weighted by Gasteiger charge is 2.31. The van der Waals surface area contributed by atoms with E-state index in [2.05, 4.69) is 10.1 Å². The highest BCUT2D eigenvalue weighted by molar-refractivity contribution is 6.36. The zero-order valence-electron chi connectivity index (χ0n) is 11.4. The molecule has 8 heteroatoms. The van der Waals surface area contributed by atoms with E-state index in [0.717, 1.165) is 12.1 Å². The van der Waals surface area contributed by atoms with Crippen LogP contribution in [0.3, 0.4) is 0 Å². The van der Waals surface area contributed by atoms with Crippen molar-refractivity contribution in [2.45, 2.75) is 11.7 Å². The predicted octanol–water partition coefficient (Wildman–Crippen LogP) is 5.16. The Balaban J connectivity index is 2.04. The van der Waals surface area contributed by atoms with E-state index in [1.54, 1.807) is 24.3 Å². The van der Waals surface area contributed by atoms with Gasteiger partial charge in [-0.25, -0.2) is 0 Å². The fourth-order valence-electron chi connectivity index (χ4n) is 1.77. The van der Waals surface area contributed by atoms with Crippen LogP contribution in [0.4, 0.5) is 18.9 Å². The second-order valence-corrected chi connectivity index (χ2v) is 5.29. The Labute approximate surface area is 140 Å². The standard InChI is InChI=1S/C15H10Cl2F3NO2/c16-12-4-2-1-3-11(12)13(17)14(22)21-9-5-7-10(8-6-9)23-15(18,19)20/h1-8,13H,(H,21,22). The third kappa shape index (κ3) is 5.04. The number of carbonyl (C=O) groups excluding carboxylic acids is 1. The largest absolute Gasteiger partial charge is 0.573 e. The normalized spacial score (nSPS) is 12.6. The van der Waals surface area contributed by atoms with Crippen LogP contribution in [0.15, 0.2) is 48.5 Å². The molecule has 1 unspecified atom stereocenters. The summed E-state index contributed by atoms with van der Waals surface area (Å²) in [4.78, 5) is 12.1. The van der Waals surface area contributed by atoms with Crippen LogP contribution in [0.5, 0.6) is 5.75 Å². The molecule has 23 heavy (non-hydrogen) atoms. The van der Waals surface area contributed by atoms with E-state index in [1.165, 1.54) is 12.1 Å². The summed E-state index contributed by atoms with van der Waals surface area (Å²) in [6.07, 6.45) is -4.77. The maximum atomic E-state index is 12.1. The van der Waals surface area contributed by atoms with Crippen LogP contribution < -0.4 is 10.1 Å². The number of hydrogen-bond acceptors (Lipinski definition) is 2. The summed E-state index contributed by atoms with van der Waals surface area (Å²) in [7, 11) is 0. The maximum absolute atomic E-state index is 12.1. The fraction of sp³-hybridized carbons (Fsp3) is 0.133. The zero-order chi connectivity index (χ0) is 17.0. The van der Waals surface area contributed by atoms with Gasteiger partial charge in [0.05, 0.1) is 0 Å². The number of halogens is 5. The smallest absolute Gasteiger partial charge is 0.406 e. The minimum absolute atomic E-state index is 0.280. The van der Waals surface area contributed by atoms with Crippen LogP contribution in [0.2, 0.25) is 5.02 Å². The van der Waals surface area contributed by atoms with Crippen molar-refractivity contribution in [3.8, 4) is 5.75 Å². The van der Waals surface area contributed by atoms with Gasteiger partial charge in [-0.1, -0.05) is 29.8 Å². The monoisotopic (exact) mass is 363 g/mol. The molecule has 0 aliphatic rings. The average molecular weight is 364 g/mol. The van der Waals surface area contributed by atoms with Gasteiger partial charge < -0.3 is 10.1 Å². The molecule has 1 amide bonds. The molecule has 0 saturated carbocycles. The number of benzene rings is 2. The molecule has 3 nitrogen and oxygen atoms in total. The second kappa shape index (κ2) is 7.10. The molecule has 0 bridgehead atoms. The number of carbonyl (C=O) groups is 1. The SMILES string of the molecule is O=C(Nc1ccc(OC(F)(F)F)cc1)C(Cl)c1ccccc1Cl. The van der Waals surface area contributed by atoms with E-state index in [1.807, 2.05) is 0 Å². The number of anilines is 1. The number of amides is 1. The molecule has 0 aromatic heterocycles. The molecule has 1 atom stereocenters. The van der Waals surface area contributed by atoms with Gasteiger partial charge in [-0.15, -0.1) is 24.8 Å². The summed E-state index contributed by atoms with van der Waals surface area (Å²) < 4.78 is 39.9. The molecule has 0 heterocycles. The summed E-state index contributed by atoms with van der Waals surface area (Å²) in [5, 5.41) is 1.80. The van der Waals surface area contributed by atoms with E-state index in [0.29, 0.717) is 10.6 Å². The molecule has 2 aromatic carbocycles. The number of ether oxygens (including phenoxy) is 1. The van der Waals surface area contributed by atoms with Crippen molar-refractivity contribution in [2.24, 2.45) is 0 Å². The second-order valence-electron chi connectivity index (χ2n) is 4.45. The van der Waals surface area contributed by atoms with Crippen molar-refractivity contribution < 1.29 is 22.7 Å². The van der Waals surface area contributed by atoms with Crippen LogP contribution in [0, 0.1) is 0 Å². The average Bonchev–Trinajstić information content (AvgIpc) is 2.47. The van der Waals surface area contributed by atoms with Gasteiger partial charge in [0.25, 0.3) is 0 Å². The Hall–Kier alpha value is -1.92. The number of rotatable bonds is 4. The highest BCUT2D eigenvalue weighted by atomic mass is 35.5. The van der Waals surface area contributed by atoms with Gasteiger partial charge in [-0.2, -0.15) is 0 Å². The van der Waals surface area contributed by atoms with Gasteiger partial charge in [0.15, 0.2) is 0 Å². The maximum Gasteiger partial charge on any atom is 0.573 e. The molecule has 2 rings (SSSR count). The molecule has 2 aromatic rings. The van der Waals surface area contributed by atoms with Gasteiger partial charge in [-0.05, 0) is 35.9 Å². The quantitative estimate of drug-likeness (QED) is 0.762. The number of alkyl halides is 4. The number of hydrogen-bond donors (Lipinski definition) is 1. The van der Waals surface area contributed by atoms with E-state index in [-0.39, 0.29) is 11.4 Å². The van der Waals surface area contributed by atoms with Gasteiger partial charge in [0.2, 0.25) is 5.91 Å². The topological polar surface area (TPSA) is 38.3 Å². The Bertz CT molecular complexity index is 690. The van der Waals surface area contributed by atoms with E-state index in [4.69, 9.17) is 23.2 Å². The lowest BCUT2D eigenvalue weighted by Crippen LogP contribution is -2.18. The van der Waals surface area contributed by atoms with Crippen LogP contribution >= 0.6 is 23.2 Å². The minimum Gasteiger partial charge on any atom is -0.406 e. The molecule has 0 spiro atoms. The van der Waals surface area contributed by atoms with E-state index >= 15 is 0 Å². The third-order valence-electron chi connectivity index (χ3n) is 2.76. The first-order chi connectivity index (χ1) is 10.8. The van der Waals surface area contributed by atoms with Crippen molar-refractivity contribution in [3.63, 3.8) is 0 Å². The minimum atomic E-state index is -4.77. The summed E-state index contributed by atoms with van der Waals surface area (Å²) >= 11 is 12.0. The van der Waals surface area contributed by atoms with Crippen LogP contribution in [-0.4, -0.2) is 12.3 Å². The molecular weight excluding hydrogens is 354 g/mol. The molecular formula is C15H10Cl2F3NO2. The van der Waals surface area contributed by atoms with Crippen molar-refractivity contribution in [1.82, 2.24) is 0 Å². The van der Waals surface area contributed by atoms with E-state index in [9.17, 15) is 18.0 Å². The van der Waals surface area contributed by atoms with Crippen LogP contribution in [-0.2, 0) is 4.79 Å². The molecule has 0 saturated heterocycles. The Morgan fingerprint density at radius 2 is 1.70 bits per heavy atom. The predicted molar refractivity (Wildman–Crippen MR) is 81.8 cm³/mol. The van der Waals surface area contributed by atoms with Crippen LogP contribution in [0.1, 0.15) is 10.9 Å². The van der Waals surface area contributed by atoms with Gasteiger partial charge in [0, 0.05) is 10.7 Å². The lowest BCUT2D eigenvalue weighted by Gasteiger charge is -2.13. The summed E-state index contributed by atoms with van der Waals surface area (Å²) in [5.74, 6) is -0.937. The lowest BCUT2D eigenvalue weighted by molar-refractivity contribution is -0.274. The first kappa shape index (κ1) is 17.4. The first-order valence-electron chi connectivity index (χ1n) is 6.31. The fourth-order valence-corrected chi connectivity index (χ4v) is 2.31. The zero-order valence-corrected chi connectivity index (χ0v) is 12.9. The molecule has 0 aliphatic carbocycles. The highest BCUT2D eigenvalue weighted by Crippen LogP contribution is 2.29. The molecule has 0 radical (unpaired) electrons. The Kier molecular flexibility index (Phi) is 5.38. The van der Waals surface area contributed by atoms with Crippen molar-refractivity contribution in [2.75, 3.05) is 5.32 Å². The van der Waals surface area contributed by atoms with Crippen LogP contribution in [0.25, 0.3) is 0 Å². The lowest BCUT2D eigenvalue weighted by atomic mass is 10.1. The Morgan fingerprint density at radius 3 is 2.26 bits per heavy atom. The molecule has 0 fully saturated rings. The van der Waals surface area contributed by atoms with E-state index < -0.39 is 17.6 Å². The van der Waals surface area contributed by atoms with Gasteiger partial charge in [-0.3, -0.25) is 4.79 Å². The van der Waals surface area contributed by atoms with Crippen molar-refractivity contribution in [1.29, 1.82) is 0 Å². The Morgan fingerprint density at radius 1 is 1.09 bits per heavy atom. The molecule has 122 valence electrons. The van der Waals surface area contributed by atoms with Gasteiger partial charge in [0.1, 0.15) is 11.1 Å². The first-order valence-corrected chi connectivity index (χ1v) is 7.13. The molecule has 1 N–H and O–H groups in total. The summed E-state index contributed by atoms with van der Waals surface area (Å²) in [6.45, 7) is 0. The summed E-state index contributed by atoms with van der Waals surface area (Å²) in [6, 6.07) is 11.3. The van der Waals surface area contributed by atoms with Crippen molar-refractivity contribution in [3.05, 3.63) is 59.1 Å². The van der Waals surface area contributed by atoms with Crippen molar-refractivity contribution >= 4 is 34.8 Å². The number of nitrogens with one attached hydrogen (secondary N) is 1. The molecule has 0 aliphatic heterocycles. The van der Waals surface area contributed by atoms with Gasteiger partial charge >= 0.3 is 6.36 Å².